The van der Waals surface area contributed by atoms with Crippen LogP contribution in [0.15, 0.2) is 12.4 Å². The van der Waals surface area contributed by atoms with Gasteiger partial charge in [-0.05, 0) is 26.2 Å². The van der Waals surface area contributed by atoms with E-state index >= 15 is 0 Å². The average Bonchev–Trinajstić information content (AvgIpc) is 2.76. The van der Waals surface area contributed by atoms with Crippen molar-refractivity contribution in [3.05, 3.63) is 18.0 Å². The molecule has 17 heavy (non-hydrogen) atoms. The van der Waals surface area contributed by atoms with E-state index in [2.05, 4.69) is 30.5 Å². The summed E-state index contributed by atoms with van der Waals surface area (Å²) >= 11 is 0. The summed E-state index contributed by atoms with van der Waals surface area (Å²) < 4.78 is 2.04. The van der Waals surface area contributed by atoms with Gasteiger partial charge in [-0.3, -0.25) is 4.68 Å². The van der Waals surface area contributed by atoms with Crippen LogP contribution in [0.4, 0.5) is 0 Å². The molecular formula is C14H25N3. The molecule has 0 atom stereocenters. The van der Waals surface area contributed by atoms with Crippen molar-refractivity contribution in [1.29, 1.82) is 0 Å². The molecule has 1 aromatic heterocycles. The molecule has 0 saturated heterocycles. The lowest BCUT2D eigenvalue weighted by molar-refractivity contribution is 0.252. The van der Waals surface area contributed by atoms with Crippen molar-refractivity contribution < 1.29 is 0 Å². The minimum Gasteiger partial charge on any atom is -0.307 e. The van der Waals surface area contributed by atoms with Crippen molar-refractivity contribution in [2.24, 2.45) is 0 Å². The minimum atomic E-state index is 0.352. The maximum atomic E-state index is 4.37. The molecule has 96 valence electrons. The standard InChI is InChI=1S/C14H25N3/c1-3-9-17-12-13(11-16-17)10-15-14(2)7-5-4-6-8-14/h11-12,15H,3-10H2,1-2H3. The molecule has 1 fully saturated rings. The lowest BCUT2D eigenvalue weighted by Crippen LogP contribution is -2.43. The molecule has 3 heteroatoms. The molecule has 0 spiro atoms. The zero-order valence-electron chi connectivity index (χ0n) is 11.2. The van der Waals surface area contributed by atoms with E-state index in [-0.39, 0.29) is 0 Å². The third kappa shape index (κ3) is 3.56. The van der Waals surface area contributed by atoms with Gasteiger partial charge in [0.1, 0.15) is 0 Å². The predicted molar refractivity (Wildman–Crippen MR) is 70.8 cm³/mol. The Hall–Kier alpha value is -0.830. The van der Waals surface area contributed by atoms with E-state index in [0.29, 0.717) is 5.54 Å². The second-order valence-corrected chi connectivity index (χ2v) is 5.59. The van der Waals surface area contributed by atoms with Gasteiger partial charge >= 0.3 is 0 Å². The normalized spacial score (nSPS) is 19.4. The number of nitrogens with one attached hydrogen (secondary N) is 1. The van der Waals surface area contributed by atoms with Crippen molar-refractivity contribution in [3.63, 3.8) is 0 Å². The van der Waals surface area contributed by atoms with Crippen molar-refractivity contribution >= 4 is 0 Å². The van der Waals surface area contributed by atoms with Crippen LogP contribution in [0.3, 0.4) is 0 Å². The highest BCUT2D eigenvalue weighted by molar-refractivity contribution is 5.04. The van der Waals surface area contributed by atoms with Crippen LogP contribution in [0, 0.1) is 0 Å². The summed E-state index contributed by atoms with van der Waals surface area (Å²) in [6.07, 6.45) is 12.1. The first kappa shape index (κ1) is 12.6. The van der Waals surface area contributed by atoms with E-state index in [4.69, 9.17) is 0 Å². The van der Waals surface area contributed by atoms with Gasteiger partial charge in [-0.1, -0.05) is 26.2 Å². The molecule has 1 heterocycles. The Morgan fingerprint density at radius 2 is 2.12 bits per heavy atom. The number of hydrogen-bond donors (Lipinski definition) is 1. The number of nitrogens with zero attached hydrogens (tertiary/aromatic N) is 2. The highest BCUT2D eigenvalue weighted by Gasteiger charge is 2.25. The molecule has 0 amide bonds. The Morgan fingerprint density at radius 1 is 1.35 bits per heavy atom. The lowest BCUT2D eigenvalue weighted by atomic mass is 9.83. The summed E-state index contributed by atoms with van der Waals surface area (Å²) in [7, 11) is 0. The molecule has 0 unspecified atom stereocenters. The highest BCUT2D eigenvalue weighted by atomic mass is 15.3. The van der Waals surface area contributed by atoms with Crippen LogP contribution in [-0.2, 0) is 13.1 Å². The predicted octanol–water partition coefficient (Wildman–Crippen LogP) is 3.11. The summed E-state index contributed by atoms with van der Waals surface area (Å²) in [6.45, 7) is 6.53. The smallest absolute Gasteiger partial charge is 0.0534 e. The lowest BCUT2D eigenvalue weighted by Gasteiger charge is -2.34. The Balaban J connectivity index is 1.83. The molecule has 0 radical (unpaired) electrons. The zero-order chi connectivity index (χ0) is 12.1. The molecule has 1 N–H and O–H groups in total. The van der Waals surface area contributed by atoms with Crippen LogP contribution in [0.5, 0.6) is 0 Å². The summed E-state index contributed by atoms with van der Waals surface area (Å²) in [5.41, 5.74) is 1.66. The van der Waals surface area contributed by atoms with E-state index in [1.165, 1.54) is 37.7 Å². The van der Waals surface area contributed by atoms with Gasteiger partial charge < -0.3 is 5.32 Å². The van der Waals surface area contributed by atoms with Crippen molar-refractivity contribution in [1.82, 2.24) is 15.1 Å². The first-order valence-corrected chi connectivity index (χ1v) is 6.98. The SMILES string of the molecule is CCCn1cc(CNC2(C)CCCCC2)cn1. The van der Waals surface area contributed by atoms with Crippen molar-refractivity contribution in [3.8, 4) is 0 Å². The van der Waals surface area contributed by atoms with Gasteiger partial charge in [0.15, 0.2) is 0 Å². The van der Waals surface area contributed by atoms with E-state index in [1.807, 2.05) is 10.9 Å². The third-order valence-electron chi connectivity index (χ3n) is 3.82. The minimum absolute atomic E-state index is 0.352. The average molecular weight is 235 g/mol. The zero-order valence-corrected chi connectivity index (χ0v) is 11.2. The molecule has 1 aromatic rings. The quantitative estimate of drug-likeness (QED) is 0.850. The van der Waals surface area contributed by atoms with E-state index < -0.39 is 0 Å². The van der Waals surface area contributed by atoms with Gasteiger partial charge in [0, 0.05) is 30.4 Å². The first-order chi connectivity index (χ1) is 8.22. The largest absolute Gasteiger partial charge is 0.307 e. The molecule has 1 aliphatic carbocycles. The maximum absolute atomic E-state index is 4.37. The molecule has 3 nitrogen and oxygen atoms in total. The second-order valence-electron chi connectivity index (χ2n) is 5.59. The topological polar surface area (TPSA) is 29.9 Å². The number of aromatic nitrogens is 2. The van der Waals surface area contributed by atoms with Crippen LogP contribution in [0.25, 0.3) is 0 Å². The van der Waals surface area contributed by atoms with Crippen LogP contribution < -0.4 is 5.32 Å². The van der Waals surface area contributed by atoms with E-state index in [0.717, 1.165) is 19.5 Å². The van der Waals surface area contributed by atoms with Gasteiger partial charge in [-0.15, -0.1) is 0 Å². The molecule has 1 aliphatic rings. The van der Waals surface area contributed by atoms with Gasteiger partial charge in [-0.2, -0.15) is 5.10 Å². The molecule has 2 rings (SSSR count). The van der Waals surface area contributed by atoms with Crippen LogP contribution in [-0.4, -0.2) is 15.3 Å². The van der Waals surface area contributed by atoms with Crippen LogP contribution in [0.1, 0.15) is 57.9 Å². The second kappa shape index (κ2) is 5.67. The van der Waals surface area contributed by atoms with Gasteiger partial charge in [-0.25, -0.2) is 0 Å². The third-order valence-corrected chi connectivity index (χ3v) is 3.82. The highest BCUT2D eigenvalue weighted by Crippen LogP contribution is 2.27. The van der Waals surface area contributed by atoms with Gasteiger partial charge in [0.2, 0.25) is 0 Å². The number of hydrogen-bond acceptors (Lipinski definition) is 2. The monoisotopic (exact) mass is 235 g/mol. The van der Waals surface area contributed by atoms with E-state index in [1.54, 1.807) is 0 Å². The number of rotatable bonds is 5. The number of aryl methyl sites for hydroxylation is 1. The Morgan fingerprint density at radius 3 is 2.82 bits per heavy atom. The van der Waals surface area contributed by atoms with Gasteiger partial charge in [0.05, 0.1) is 6.20 Å². The Bertz CT molecular complexity index is 337. The fourth-order valence-corrected chi connectivity index (χ4v) is 2.67. The first-order valence-electron chi connectivity index (χ1n) is 6.98. The Labute approximate surface area is 105 Å². The van der Waals surface area contributed by atoms with E-state index in [9.17, 15) is 0 Å². The van der Waals surface area contributed by atoms with Crippen molar-refractivity contribution in [2.75, 3.05) is 0 Å². The fourth-order valence-electron chi connectivity index (χ4n) is 2.67. The van der Waals surface area contributed by atoms with Crippen LogP contribution >= 0.6 is 0 Å². The summed E-state index contributed by atoms with van der Waals surface area (Å²) in [4.78, 5) is 0. The maximum Gasteiger partial charge on any atom is 0.0534 e. The molecule has 0 bridgehead atoms. The van der Waals surface area contributed by atoms with Gasteiger partial charge in [0.25, 0.3) is 0 Å². The fraction of sp³-hybridized carbons (Fsp3) is 0.786. The van der Waals surface area contributed by atoms with Crippen molar-refractivity contribution in [2.45, 2.75) is 71.0 Å². The summed E-state index contributed by atoms with van der Waals surface area (Å²) in [5.74, 6) is 0. The molecular weight excluding hydrogens is 210 g/mol. The summed E-state index contributed by atoms with van der Waals surface area (Å²) in [6, 6.07) is 0. The molecule has 0 aromatic carbocycles. The molecule has 0 aliphatic heterocycles. The molecule has 1 saturated carbocycles. The van der Waals surface area contributed by atoms with Crippen LogP contribution in [0.2, 0.25) is 0 Å². The summed E-state index contributed by atoms with van der Waals surface area (Å²) in [5, 5.41) is 8.09. The Kier molecular flexibility index (Phi) is 4.21.